The van der Waals surface area contributed by atoms with Crippen molar-refractivity contribution in [2.75, 3.05) is 5.32 Å². The van der Waals surface area contributed by atoms with Gasteiger partial charge in [-0.15, -0.1) is 0 Å². The molecule has 0 fully saturated rings. The number of benzene rings is 2. The van der Waals surface area contributed by atoms with E-state index in [1.54, 1.807) is 30.3 Å². The van der Waals surface area contributed by atoms with Gasteiger partial charge in [-0.25, -0.2) is 0 Å². The van der Waals surface area contributed by atoms with Crippen LogP contribution in [-0.4, -0.2) is 10.8 Å². The standard InChI is InChI=1S/C15H10Cl2N2O3/c16-11-7-12(17)9-13(8-11)18-15(20)5-4-10-2-1-3-14(6-10)19(21)22/h1-9H,(H,18,20)/b5-4+. The van der Waals surface area contributed by atoms with E-state index in [0.717, 1.165) is 0 Å². The molecule has 2 aromatic rings. The Balaban J connectivity index is 2.08. The Hall–Kier alpha value is -2.37. The van der Waals surface area contributed by atoms with E-state index in [-0.39, 0.29) is 5.69 Å². The van der Waals surface area contributed by atoms with E-state index in [1.165, 1.54) is 24.3 Å². The Morgan fingerprint density at radius 3 is 2.45 bits per heavy atom. The summed E-state index contributed by atoms with van der Waals surface area (Å²) in [6.07, 6.45) is 2.75. The van der Waals surface area contributed by atoms with Crippen molar-refractivity contribution < 1.29 is 9.72 Å². The third-order valence-corrected chi connectivity index (χ3v) is 3.07. The highest BCUT2D eigenvalue weighted by molar-refractivity contribution is 6.35. The van der Waals surface area contributed by atoms with Crippen molar-refractivity contribution in [1.29, 1.82) is 0 Å². The summed E-state index contributed by atoms with van der Waals surface area (Å²) in [6, 6.07) is 10.6. The Morgan fingerprint density at radius 2 is 1.82 bits per heavy atom. The van der Waals surface area contributed by atoms with Gasteiger partial charge in [-0.1, -0.05) is 35.3 Å². The van der Waals surface area contributed by atoms with Gasteiger partial charge in [0, 0.05) is 33.9 Å². The van der Waals surface area contributed by atoms with Crippen molar-refractivity contribution in [3.05, 3.63) is 74.3 Å². The van der Waals surface area contributed by atoms with Gasteiger partial charge in [0.25, 0.3) is 5.69 Å². The van der Waals surface area contributed by atoms with E-state index in [0.29, 0.717) is 21.3 Å². The Labute approximate surface area is 136 Å². The fraction of sp³-hybridized carbons (Fsp3) is 0. The number of nitro groups is 1. The van der Waals surface area contributed by atoms with Crippen molar-refractivity contribution >= 4 is 46.6 Å². The molecule has 112 valence electrons. The van der Waals surface area contributed by atoms with Crippen LogP contribution >= 0.6 is 23.2 Å². The summed E-state index contributed by atoms with van der Waals surface area (Å²) in [5.74, 6) is -0.398. The third-order valence-electron chi connectivity index (χ3n) is 2.64. The molecule has 0 saturated heterocycles. The number of non-ortho nitro benzene ring substituents is 1. The first-order valence-electron chi connectivity index (χ1n) is 6.13. The molecule has 1 N–H and O–H groups in total. The number of anilines is 1. The first-order valence-corrected chi connectivity index (χ1v) is 6.89. The molecule has 2 aromatic carbocycles. The number of nitro benzene ring substituents is 1. The molecular formula is C15H10Cl2N2O3. The van der Waals surface area contributed by atoms with Crippen LogP contribution in [0.3, 0.4) is 0 Å². The van der Waals surface area contributed by atoms with Gasteiger partial charge in [-0.05, 0) is 29.8 Å². The van der Waals surface area contributed by atoms with Crippen molar-refractivity contribution in [2.45, 2.75) is 0 Å². The SMILES string of the molecule is O=C(/C=C/c1cccc([N+](=O)[O-])c1)Nc1cc(Cl)cc(Cl)c1. The summed E-state index contributed by atoms with van der Waals surface area (Å²) in [5, 5.41) is 14.1. The minimum Gasteiger partial charge on any atom is -0.322 e. The predicted octanol–water partition coefficient (Wildman–Crippen LogP) is 4.55. The van der Waals surface area contributed by atoms with Crippen LogP contribution in [0.2, 0.25) is 10.0 Å². The summed E-state index contributed by atoms with van der Waals surface area (Å²) in [4.78, 5) is 22.0. The minimum absolute atomic E-state index is 0.0378. The van der Waals surface area contributed by atoms with E-state index in [4.69, 9.17) is 23.2 Å². The molecule has 0 atom stereocenters. The highest BCUT2D eigenvalue weighted by atomic mass is 35.5. The lowest BCUT2D eigenvalue weighted by Crippen LogP contribution is -2.07. The molecule has 0 radical (unpaired) electrons. The van der Waals surface area contributed by atoms with Crippen molar-refractivity contribution in [1.82, 2.24) is 0 Å². The Morgan fingerprint density at radius 1 is 1.14 bits per heavy atom. The average molecular weight is 337 g/mol. The molecule has 1 amide bonds. The van der Waals surface area contributed by atoms with Gasteiger partial charge in [0.15, 0.2) is 0 Å². The second-order valence-corrected chi connectivity index (χ2v) is 5.21. The van der Waals surface area contributed by atoms with Gasteiger partial charge in [0.1, 0.15) is 0 Å². The Kier molecular flexibility index (Phi) is 5.14. The zero-order chi connectivity index (χ0) is 16.1. The highest BCUT2D eigenvalue weighted by Gasteiger charge is 2.05. The second-order valence-electron chi connectivity index (χ2n) is 4.33. The molecule has 0 aliphatic heterocycles. The molecular weight excluding hydrogens is 327 g/mol. The molecule has 0 saturated carbocycles. The van der Waals surface area contributed by atoms with Gasteiger partial charge in [-0.2, -0.15) is 0 Å². The van der Waals surface area contributed by atoms with E-state index >= 15 is 0 Å². The molecule has 0 aliphatic carbocycles. The molecule has 0 unspecified atom stereocenters. The van der Waals surface area contributed by atoms with Crippen molar-refractivity contribution in [3.8, 4) is 0 Å². The predicted molar refractivity (Wildman–Crippen MR) is 87.2 cm³/mol. The number of nitrogens with one attached hydrogen (secondary N) is 1. The first-order chi connectivity index (χ1) is 10.4. The lowest BCUT2D eigenvalue weighted by Gasteiger charge is -2.03. The highest BCUT2D eigenvalue weighted by Crippen LogP contribution is 2.22. The van der Waals surface area contributed by atoms with Gasteiger partial charge < -0.3 is 5.32 Å². The van der Waals surface area contributed by atoms with Crippen LogP contribution in [0.1, 0.15) is 5.56 Å². The number of hydrogen-bond acceptors (Lipinski definition) is 3. The summed E-state index contributed by atoms with van der Waals surface area (Å²) in [7, 11) is 0. The first kappa shape index (κ1) is 16.0. The fourth-order valence-corrected chi connectivity index (χ4v) is 2.25. The number of amides is 1. The van der Waals surface area contributed by atoms with Crippen molar-refractivity contribution in [3.63, 3.8) is 0 Å². The Bertz CT molecular complexity index is 740. The third kappa shape index (κ3) is 4.58. The van der Waals surface area contributed by atoms with Crippen LogP contribution in [0, 0.1) is 10.1 Å². The van der Waals surface area contributed by atoms with Gasteiger partial charge >= 0.3 is 0 Å². The van der Waals surface area contributed by atoms with Crippen LogP contribution in [0.15, 0.2) is 48.5 Å². The molecule has 0 aliphatic rings. The van der Waals surface area contributed by atoms with Gasteiger partial charge in [0.2, 0.25) is 5.91 Å². The zero-order valence-corrected chi connectivity index (χ0v) is 12.6. The maximum Gasteiger partial charge on any atom is 0.270 e. The average Bonchev–Trinajstić information content (AvgIpc) is 2.44. The normalized spacial score (nSPS) is 10.6. The smallest absolute Gasteiger partial charge is 0.270 e. The number of carbonyl (C=O) groups excluding carboxylic acids is 1. The fourth-order valence-electron chi connectivity index (χ4n) is 1.72. The minimum atomic E-state index is -0.495. The van der Waals surface area contributed by atoms with Crippen LogP contribution < -0.4 is 5.32 Å². The summed E-state index contributed by atoms with van der Waals surface area (Å²) in [6.45, 7) is 0. The molecule has 5 nitrogen and oxygen atoms in total. The number of halogens is 2. The largest absolute Gasteiger partial charge is 0.322 e. The van der Waals surface area contributed by atoms with E-state index in [1.807, 2.05) is 0 Å². The lowest BCUT2D eigenvalue weighted by atomic mass is 10.2. The zero-order valence-electron chi connectivity index (χ0n) is 11.1. The van der Waals surface area contributed by atoms with E-state index in [9.17, 15) is 14.9 Å². The number of hydrogen-bond donors (Lipinski definition) is 1. The van der Waals surface area contributed by atoms with E-state index in [2.05, 4.69) is 5.32 Å². The maximum atomic E-state index is 11.8. The number of nitrogens with zero attached hydrogens (tertiary/aromatic N) is 1. The molecule has 0 spiro atoms. The summed E-state index contributed by atoms with van der Waals surface area (Å²) < 4.78 is 0. The summed E-state index contributed by atoms with van der Waals surface area (Å²) >= 11 is 11.7. The topological polar surface area (TPSA) is 72.2 Å². The van der Waals surface area contributed by atoms with Crippen LogP contribution in [-0.2, 0) is 4.79 Å². The maximum absolute atomic E-state index is 11.8. The van der Waals surface area contributed by atoms with Gasteiger partial charge in [-0.3, -0.25) is 14.9 Å². The van der Waals surface area contributed by atoms with Crippen molar-refractivity contribution in [2.24, 2.45) is 0 Å². The van der Waals surface area contributed by atoms with Crippen LogP contribution in [0.4, 0.5) is 11.4 Å². The molecule has 22 heavy (non-hydrogen) atoms. The quantitative estimate of drug-likeness (QED) is 0.505. The molecule has 7 heteroatoms. The number of rotatable bonds is 4. The van der Waals surface area contributed by atoms with Gasteiger partial charge in [0.05, 0.1) is 4.92 Å². The monoisotopic (exact) mass is 336 g/mol. The second kappa shape index (κ2) is 7.06. The lowest BCUT2D eigenvalue weighted by molar-refractivity contribution is -0.384. The van der Waals surface area contributed by atoms with E-state index < -0.39 is 10.8 Å². The molecule has 0 aromatic heterocycles. The van der Waals surface area contributed by atoms with Crippen LogP contribution in [0.25, 0.3) is 6.08 Å². The molecule has 0 heterocycles. The van der Waals surface area contributed by atoms with Crippen LogP contribution in [0.5, 0.6) is 0 Å². The molecule has 2 rings (SSSR count). The number of carbonyl (C=O) groups is 1. The molecule has 0 bridgehead atoms. The summed E-state index contributed by atoms with van der Waals surface area (Å²) in [5.41, 5.74) is 0.976.